The summed E-state index contributed by atoms with van der Waals surface area (Å²) in [6.07, 6.45) is 1.34. The third kappa shape index (κ3) is 2.58. The molecule has 0 amide bonds. The summed E-state index contributed by atoms with van der Waals surface area (Å²) in [6.45, 7) is 0. The van der Waals surface area contributed by atoms with Gasteiger partial charge in [0.05, 0.1) is 15.1 Å². The first-order valence-corrected chi connectivity index (χ1v) is 10.3. The molecule has 7 nitrogen and oxygen atoms in total. The van der Waals surface area contributed by atoms with Crippen molar-refractivity contribution in [1.82, 2.24) is 14.7 Å². The average molecular weight is 392 g/mol. The second-order valence-corrected chi connectivity index (χ2v) is 9.09. The van der Waals surface area contributed by atoms with E-state index in [1.807, 2.05) is 24.3 Å². The Morgan fingerprint density at radius 2 is 2.04 bits per heavy atom. The molecule has 0 atom stereocenters. The molecule has 0 radical (unpaired) electrons. The number of Topliss-reactive ketones (excluding diaryl/α,β-unsaturated/α-hetero) is 1. The van der Waals surface area contributed by atoms with Crippen molar-refractivity contribution >= 4 is 53.8 Å². The number of fused-ring (bicyclic) bond motifs is 2. The summed E-state index contributed by atoms with van der Waals surface area (Å²) >= 11 is 2.57. The number of hydrogen-bond acceptors (Lipinski definition) is 8. The molecule has 128 valence electrons. The largest absolute Gasteiger partial charge is 0.304 e. The van der Waals surface area contributed by atoms with Crippen LogP contribution >= 0.6 is 22.7 Å². The third-order valence-corrected chi connectivity index (χ3v) is 7.54. The van der Waals surface area contributed by atoms with Crippen molar-refractivity contribution in [2.24, 2.45) is 0 Å². The highest BCUT2D eigenvalue weighted by Gasteiger charge is 2.38. The van der Waals surface area contributed by atoms with Gasteiger partial charge in [0.1, 0.15) is 10.6 Å². The number of ketones is 1. The van der Waals surface area contributed by atoms with E-state index in [0.29, 0.717) is 5.13 Å². The number of nitrogens with one attached hydrogen (secondary N) is 2. The second kappa shape index (κ2) is 5.83. The van der Waals surface area contributed by atoms with E-state index in [-0.39, 0.29) is 21.3 Å². The number of benzene rings is 1. The number of hydrogen-bond donors (Lipinski definition) is 2. The van der Waals surface area contributed by atoms with Gasteiger partial charge in [0, 0.05) is 13.2 Å². The minimum absolute atomic E-state index is 0.0450. The lowest BCUT2D eigenvalue weighted by Gasteiger charge is -2.25. The van der Waals surface area contributed by atoms with Crippen LogP contribution in [0.4, 0.5) is 5.13 Å². The Bertz CT molecular complexity index is 1080. The molecule has 0 saturated carbocycles. The lowest BCUT2D eigenvalue weighted by Crippen LogP contribution is -2.36. The Hall–Kier alpha value is -2.43. The quantitative estimate of drug-likeness (QED) is 0.526. The van der Waals surface area contributed by atoms with Gasteiger partial charge in [0.15, 0.2) is 0 Å². The van der Waals surface area contributed by atoms with Gasteiger partial charge < -0.3 is 5.43 Å². The summed E-state index contributed by atoms with van der Waals surface area (Å²) < 4.78 is 26.9. The zero-order chi connectivity index (χ0) is 17.6. The Balaban J connectivity index is 1.60. The zero-order valence-electron chi connectivity index (χ0n) is 12.9. The standard InChI is InChI=1S/C15H12N4O3S3/c1-19-10(13(20)14-12(6-7-23-14)25(19,21)22)8-16-18-15-17-9-4-2-3-5-11(9)24-15/h2-8,16H,1H3,(H,17,18)/b10-8+. The van der Waals surface area contributed by atoms with Crippen molar-refractivity contribution in [3.63, 3.8) is 0 Å². The van der Waals surface area contributed by atoms with E-state index < -0.39 is 10.0 Å². The molecular formula is C15H12N4O3S3. The van der Waals surface area contributed by atoms with E-state index in [4.69, 9.17) is 0 Å². The lowest BCUT2D eigenvalue weighted by atomic mass is 10.2. The summed E-state index contributed by atoms with van der Waals surface area (Å²) in [5.74, 6) is -0.332. The number of anilines is 1. The minimum atomic E-state index is -3.70. The number of likely N-dealkylation sites (N-methyl/N-ethyl adjacent to an activating group) is 1. The number of rotatable bonds is 3. The molecule has 4 rings (SSSR count). The Kier molecular flexibility index (Phi) is 3.74. The zero-order valence-corrected chi connectivity index (χ0v) is 15.3. The van der Waals surface area contributed by atoms with Crippen LogP contribution in [0.3, 0.4) is 0 Å². The van der Waals surface area contributed by atoms with Gasteiger partial charge in [-0.3, -0.25) is 14.5 Å². The van der Waals surface area contributed by atoms with Crippen molar-refractivity contribution in [3.05, 3.63) is 52.5 Å². The molecular weight excluding hydrogens is 380 g/mol. The molecule has 1 aromatic carbocycles. The molecule has 0 spiro atoms. The monoisotopic (exact) mass is 392 g/mol. The van der Waals surface area contributed by atoms with E-state index in [0.717, 1.165) is 25.9 Å². The predicted molar refractivity (Wildman–Crippen MR) is 98.1 cm³/mol. The van der Waals surface area contributed by atoms with Crippen LogP contribution < -0.4 is 10.9 Å². The summed E-state index contributed by atoms with van der Waals surface area (Å²) in [5.41, 5.74) is 6.55. The maximum Gasteiger partial charge on any atom is 0.265 e. The fourth-order valence-electron chi connectivity index (χ4n) is 2.45. The highest BCUT2D eigenvalue weighted by atomic mass is 32.2. The van der Waals surface area contributed by atoms with E-state index in [2.05, 4.69) is 15.8 Å². The molecule has 0 fully saturated rings. The normalized spacial score (nSPS) is 17.7. The van der Waals surface area contributed by atoms with Gasteiger partial charge in [-0.1, -0.05) is 23.5 Å². The summed E-state index contributed by atoms with van der Waals surface area (Å²) in [6, 6.07) is 9.14. The van der Waals surface area contributed by atoms with Crippen LogP contribution in [0.15, 0.2) is 52.5 Å². The SMILES string of the molecule is CN1/C(=C/NNc2nc3ccccc3s2)C(=O)c2sccc2S1(=O)=O. The smallest absolute Gasteiger partial charge is 0.265 e. The molecule has 25 heavy (non-hydrogen) atoms. The molecule has 3 heterocycles. The maximum atomic E-state index is 12.5. The number of carbonyl (C=O) groups is 1. The molecule has 0 aliphatic carbocycles. The Morgan fingerprint density at radius 1 is 1.24 bits per heavy atom. The molecule has 10 heteroatoms. The number of nitrogens with zero attached hydrogens (tertiary/aromatic N) is 2. The molecule has 0 saturated heterocycles. The predicted octanol–water partition coefficient (Wildman–Crippen LogP) is 2.63. The van der Waals surface area contributed by atoms with E-state index in [1.165, 1.54) is 30.7 Å². The van der Waals surface area contributed by atoms with E-state index >= 15 is 0 Å². The van der Waals surface area contributed by atoms with Crippen LogP contribution in [0.2, 0.25) is 0 Å². The van der Waals surface area contributed by atoms with Crippen LogP contribution in [-0.4, -0.2) is 30.5 Å². The first-order valence-electron chi connectivity index (χ1n) is 7.17. The number of para-hydroxylation sites is 1. The Labute approximate surface area is 151 Å². The van der Waals surface area contributed by atoms with Gasteiger partial charge in [-0.05, 0) is 23.6 Å². The molecule has 0 bridgehead atoms. The van der Waals surface area contributed by atoms with Crippen LogP contribution in [0.1, 0.15) is 9.67 Å². The minimum Gasteiger partial charge on any atom is -0.304 e. The first kappa shape index (κ1) is 16.1. The first-order chi connectivity index (χ1) is 12.0. The van der Waals surface area contributed by atoms with Gasteiger partial charge in [-0.15, -0.1) is 11.3 Å². The summed E-state index contributed by atoms with van der Waals surface area (Å²) in [7, 11) is -2.34. The molecule has 3 aromatic rings. The number of aromatic nitrogens is 1. The maximum absolute atomic E-state index is 12.5. The molecule has 0 unspecified atom stereocenters. The highest BCUT2D eigenvalue weighted by molar-refractivity contribution is 7.89. The molecule has 1 aliphatic rings. The van der Waals surface area contributed by atoms with Crippen molar-refractivity contribution in [1.29, 1.82) is 0 Å². The van der Waals surface area contributed by atoms with E-state index in [9.17, 15) is 13.2 Å². The van der Waals surface area contributed by atoms with Crippen molar-refractivity contribution < 1.29 is 13.2 Å². The number of sulfonamides is 1. The fraction of sp³-hybridized carbons (Fsp3) is 0.0667. The van der Waals surface area contributed by atoms with Crippen molar-refractivity contribution in [2.45, 2.75) is 4.90 Å². The topological polar surface area (TPSA) is 91.4 Å². The van der Waals surface area contributed by atoms with Crippen molar-refractivity contribution in [2.75, 3.05) is 12.5 Å². The van der Waals surface area contributed by atoms with Gasteiger partial charge in [-0.2, -0.15) is 0 Å². The number of thiazole rings is 1. The number of hydrazine groups is 1. The van der Waals surface area contributed by atoms with Crippen LogP contribution in [0.5, 0.6) is 0 Å². The Morgan fingerprint density at radius 3 is 2.84 bits per heavy atom. The average Bonchev–Trinajstić information content (AvgIpc) is 3.23. The van der Waals surface area contributed by atoms with Crippen LogP contribution in [-0.2, 0) is 10.0 Å². The van der Waals surface area contributed by atoms with Crippen LogP contribution in [0, 0.1) is 0 Å². The number of thiophene rings is 1. The lowest BCUT2D eigenvalue weighted by molar-refractivity contribution is 0.101. The van der Waals surface area contributed by atoms with Gasteiger partial charge in [-0.25, -0.2) is 13.4 Å². The fourth-order valence-corrected chi connectivity index (χ4v) is 5.82. The molecule has 2 aromatic heterocycles. The number of allylic oxidation sites excluding steroid dienone is 1. The van der Waals surface area contributed by atoms with Gasteiger partial charge >= 0.3 is 0 Å². The van der Waals surface area contributed by atoms with Crippen LogP contribution in [0.25, 0.3) is 10.2 Å². The van der Waals surface area contributed by atoms with Crippen molar-refractivity contribution in [3.8, 4) is 0 Å². The third-order valence-electron chi connectivity index (χ3n) is 3.73. The second-order valence-electron chi connectivity index (χ2n) is 5.20. The van der Waals surface area contributed by atoms with E-state index in [1.54, 1.807) is 5.38 Å². The van der Waals surface area contributed by atoms with Gasteiger partial charge in [0.2, 0.25) is 10.9 Å². The summed E-state index contributed by atoms with van der Waals surface area (Å²) in [5, 5.41) is 2.22. The molecule has 2 N–H and O–H groups in total. The van der Waals surface area contributed by atoms with Gasteiger partial charge in [0.25, 0.3) is 10.0 Å². The number of carbonyl (C=O) groups excluding carboxylic acids is 1. The summed E-state index contributed by atoms with van der Waals surface area (Å²) in [4.78, 5) is 17.2. The highest BCUT2D eigenvalue weighted by Crippen LogP contribution is 2.34. The molecule has 1 aliphatic heterocycles.